The molecule has 1 unspecified atom stereocenters. The summed E-state index contributed by atoms with van der Waals surface area (Å²) in [5.41, 5.74) is 7.00. The highest BCUT2D eigenvalue weighted by molar-refractivity contribution is 5.19. The van der Waals surface area contributed by atoms with Crippen LogP contribution in [0.3, 0.4) is 0 Å². The van der Waals surface area contributed by atoms with Crippen molar-refractivity contribution < 1.29 is 0 Å². The largest absolute Gasteiger partial charge is 0.329 e. The van der Waals surface area contributed by atoms with Gasteiger partial charge < -0.3 is 11.1 Å². The molecule has 0 aliphatic heterocycles. The third-order valence-corrected chi connectivity index (χ3v) is 2.21. The molecule has 14 heavy (non-hydrogen) atoms. The van der Waals surface area contributed by atoms with E-state index in [-0.39, 0.29) is 0 Å². The first-order chi connectivity index (χ1) is 6.74. The van der Waals surface area contributed by atoms with Gasteiger partial charge in [0, 0.05) is 12.6 Å². The first kappa shape index (κ1) is 11.2. The molecule has 1 aromatic rings. The van der Waals surface area contributed by atoms with Crippen molar-refractivity contribution in [3.05, 3.63) is 35.9 Å². The highest BCUT2D eigenvalue weighted by atomic mass is 14.9. The minimum Gasteiger partial charge on any atom is -0.329 e. The van der Waals surface area contributed by atoms with E-state index in [2.05, 4.69) is 43.4 Å². The van der Waals surface area contributed by atoms with Gasteiger partial charge in [-0.2, -0.15) is 0 Å². The molecule has 3 N–H and O–H groups in total. The summed E-state index contributed by atoms with van der Waals surface area (Å²) in [6, 6.07) is 10.7. The molecule has 0 radical (unpaired) electrons. The second-order valence-corrected chi connectivity index (χ2v) is 4.00. The zero-order chi connectivity index (χ0) is 10.4. The molecule has 0 aliphatic rings. The Balaban J connectivity index is 2.54. The Hall–Kier alpha value is -0.860. The van der Waals surface area contributed by atoms with Gasteiger partial charge in [-0.15, -0.1) is 0 Å². The van der Waals surface area contributed by atoms with Gasteiger partial charge in [0.25, 0.3) is 0 Å². The molecule has 0 aliphatic carbocycles. The van der Waals surface area contributed by atoms with Gasteiger partial charge in [-0.25, -0.2) is 0 Å². The summed E-state index contributed by atoms with van der Waals surface area (Å²) in [6.07, 6.45) is 0. The van der Waals surface area contributed by atoms with Gasteiger partial charge in [0.2, 0.25) is 0 Å². The second-order valence-electron chi connectivity index (χ2n) is 4.00. The monoisotopic (exact) mass is 192 g/mol. The molecule has 1 rings (SSSR count). The van der Waals surface area contributed by atoms with Crippen molar-refractivity contribution in [3.8, 4) is 0 Å². The predicted octanol–water partition coefficient (Wildman–Crippen LogP) is 1.93. The van der Waals surface area contributed by atoms with Crippen LogP contribution >= 0.6 is 0 Å². The summed E-state index contributed by atoms with van der Waals surface area (Å²) < 4.78 is 0. The first-order valence-electron chi connectivity index (χ1n) is 5.22. The van der Waals surface area contributed by atoms with E-state index in [9.17, 15) is 0 Å². The Morgan fingerprint density at radius 1 is 1.21 bits per heavy atom. The van der Waals surface area contributed by atoms with E-state index in [4.69, 9.17) is 5.73 Å². The average molecular weight is 192 g/mol. The fourth-order valence-electron chi connectivity index (χ4n) is 1.40. The number of hydrogen-bond acceptors (Lipinski definition) is 2. The van der Waals surface area contributed by atoms with E-state index in [0.717, 1.165) is 6.54 Å². The fourth-order valence-corrected chi connectivity index (χ4v) is 1.40. The predicted molar refractivity (Wildman–Crippen MR) is 61.1 cm³/mol. The lowest BCUT2D eigenvalue weighted by Gasteiger charge is -2.18. The quantitative estimate of drug-likeness (QED) is 0.748. The van der Waals surface area contributed by atoms with Gasteiger partial charge in [-0.3, -0.25) is 0 Å². The SMILES string of the molecule is CC(C)CNC(CN)c1ccccc1. The van der Waals surface area contributed by atoms with Gasteiger partial charge in [0.1, 0.15) is 0 Å². The maximum atomic E-state index is 5.73. The maximum Gasteiger partial charge on any atom is 0.0444 e. The molecule has 1 aromatic carbocycles. The van der Waals surface area contributed by atoms with Crippen molar-refractivity contribution in [3.63, 3.8) is 0 Å². The molecule has 1 atom stereocenters. The Morgan fingerprint density at radius 3 is 2.36 bits per heavy atom. The summed E-state index contributed by atoms with van der Waals surface area (Å²) in [5, 5.41) is 3.46. The molecule has 0 saturated heterocycles. The normalized spacial score (nSPS) is 13.1. The summed E-state index contributed by atoms with van der Waals surface area (Å²) in [6.45, 7) is 6.06. The lowest BCUT2D eigenvalue weighted by atomic mass is 10.1. The van der Waals surface area contributed by atoms with E-state index in [0.29, 0.717) is 18.5 Å². The van der Waals surface area contributed by atoms with E-state index < -0.39 is 0 Å². The Morgan fingerprint density at radius 2 is 1.86 bits per heavy atom. The lowest BCUT2D eigenvalue weighted by molar-refractivity contribution is 0.479. The number of benzene rings is 1. The molecule has 0 aromatic heterocycles. The number of nitrogens with one attached hydrogen (secondary N) is 1. The Labute approximate surface area is 86.5 Å². The van der Waals surface area contributed by atoms with Crippen molar-refractivity contribution in [1.82, 2.24) is 5.32 Å². The fraction of sp³-hybridized carbons (Fsp3) is 0.500. The number of nitrogens with two attached hydrogens (primary N) is 1. The molecule has 0 bridgehead atoms. The number of hydrogen-bond donors (Lipinski definition) is 2. The van der Waals surface area contributed by atoms with Gasteiger partial charge in [0.05, 0.1) is 0 Å². The highest BCUT2D eigenvalue weighted by Crippen LogP contribution is 2.10. The average Bonchev–Trinajstić information content (AvgIpc) is 2.20. The highest BCUT2D eigenvalue weighted by Gasteiger charge is 2.07. The van der Waals surface area contributed by atoms with Crippen LogP contribution in [0.15, 0.2) is 30.3 Å². The van der Waals surface area contributed by atoms with Crippen LogP contribution in [0.25, 0.3) is 0 Å². The van der Waals surface area contributed by atoms with Crippen LogP contribution in [-0.2, 0) is 0 Å². The van der Waals surface area contributed by atoms with Crippen LogP contribution in [0.5, 0.6) is 0 Å². The summed E-state index contributed by atoms with van der Waals surface area (Å²) in [4.78, 5) is 0. The molecular weight excluding hydrogens is 172 g/mol. The third kappa shape index (κ3) is 3.48. The van der Waals surface area contributed by atoms with E-state index in [1.54, 1.807) is 0 Å². The summed E-state index contributed by atoms with van der Waals surface area (Å²) in [7, 11) is 0. The molecular formula is C12H20N2. The van der Waals surface area contributed by atoms with E-state index in [1.165, 1.54) is 5.56 Å². The lowest BCUT2D eigenvalue weighted by Crippen LogP contribution is -2.30. The van der Waals surface area contributed by atoms with E-state index >= 15 is 0 Å². The summed E-state index contributed by atoms with van der Waals surface area (Å²) in [5.74, 6) is 0.660. The second kappa shape index (κ2) is 5.78. The van der Waals surface area contributed by atoms with Crippen molar-refractivity contribution >= 4 is 0 Å². The van der Waals surface area contributed by atoms with Crippen molar-refractivity contribution in [1.29, 1.82) is 0 Å². The summed E-state index contributed by atoms with van der Waals surface area (Å²) >= 11 is 0. The third-order valence-electron chi connectivity index (χ3n) is 2.21. The maximum absolute atomic E-state index is 5.73. The molecule has 0 fully saturated rings. The topological polar surface area (TPSA) is 38.0 Å². The smallest absolute Gasteiger partial charge is 0.0444 e. The van der Waals surface area contributed by atoms with Crippen LogP contribution in [-0.4, -0.2) is 13.1 Å². The molecule has 0 amide bonds. The Kier molecular flexibility index (Phi) is 4.63. The van der Waals surface area contributed by atoms with Crippen LogP contribution in [0.2, 0.25) is 0 Å². The van der Waals surface area contributed by atoms with Gasteiger partial charge in [-0.05, 0) is 18.0 Å². The van der Waals surface area contributed by atoms with Crippen LogP contribution in [0.1, 0.15) is 25.5 Å². The minimum absolute atomic E-state index is 0.290. The van der Waals surface area contributed by atoms with Crippen molar-refractivity contribution in [2.45, 2.75) is 19.9 Å². The Bertz CT molecular complexity index is 244. The molecule has 0 heterocycles. The van der Waals surface area contributed by atoms with Crippen LogP contribution < -0.4 is 11.1 Å². The van der Waals surface area contributed by atoms with Crippen molar-refractivity contribution in [2.24, 2.45) is 11.7 Å². The molecule has 78 valence electrons. The molecule has 2 heteroatoms. The van der Waals surface area contributed by atoms with Gasteiger partial charge in [0.15, 0.2) is 0 Å². The van der Waals surface area contributed by atoms with E-state index in [1.807, 2.05) is 6.07 Å². The van der Waals surface area contributed by atoms with Gasteiger partial charge >= 0.3 is 0 Å². The molecule has 2 nitrogen and oxygen atoms in total. The van der Waals surface area contributed by atoms with Crippen LogP contribution in [0, 0.1) is 5.92 Å². The van der Waals surface area contributed by atoms with Gasteiger partial charge in [-0.1, -0.05) is 44.2 Å². The zero-order valence-electron chi connectivity index (χ0n) is 9.03. The molecule has 0 spiro atoms. The zero-order valence-corrected chi connectivity index (χ0v) is 9.03. The molecule has 0 saturated carbocycles. The van der Waals surface area contributed by atoms with Crippen LogP contribution in [0.4, 0.5) is 0 Å². The standard InChI is InChI=1S/C12H20N2/c1-10(2)9-14-12(8-13)11-6-4-3-5-7-11/h3-7,10,12,14H,8-9,13H2,1-2H3. The first-order valence-corrected chi connectivity index (χ1v) is 5.22. The minimum atomic E-state index is 0.290. The number of rotatable bonds is 5. The van der Waals surface area contributed by atoms with Crippen molar-refractivity contribution in [2.75, 3.05) is 13.1 Å².